The Morgan fingerprint density at radius 2 is 2.41 bits per heavy atom. The highest BCUT2D eigenvalue weighted by molar-refractivity contribution is 5.88. The van der Waals surface area contributed by atoms with Crippen molar-refractivity contribution in [2.24, 2.45) is 5.92 Å². The van der Waals surface area contributed by atoms with Crippen LogP contribution in [-0.2, 0) is 6.54 Å². The highest BCUT2D eigenvalue weighted by Gasteiger charge is 2.19. The predicted molar refractivity (Wildman–Crippen MR) is 64.1 cm³/mol. The van der Waals surface area contributed by atoms with Crippen molar-refractivity contribution in [3.63, 3.8) is 0 Å². The zero-order valence-corrected chi connectivity index (χ0v) is 10.4. The van der Waals surface area contributed by atoms with Crippen LogP contribution in [0.2, 0.25) is 0 Å². The number of furan rings is 1. The third-order valence-corrected chi connectivity index (χ3v) is 3.32. The van der Waals surface area contributed by atoms with Crippen LogP contribution in [0.1, 0.15) is 41.6 Å². The molecular weight excluding hydrogens is 218 g/mol. The summed E-state index contributed by atoms with van der Waals surface area (Å²) in [6, 6.07) is 1.65. The summed E-state index contributed by atoms with van der Waals surface area (Å²) in [7, 11) is 0. The molecule has 0 spiro atoms. The monoisotopic (exact) mass is 237 g/mol. The summed E-state index contributed by atoms with van der Waals surface area (Å²) < 4.78 is 5.49. The first-order chi connectivity index (χ1) is 8.06. The quantitative estimate of drug-likeness (QED) is 0.877. The minimum Gasteiger partial charge on any atom is -0.478 e. The number of hydrogen-bond acceptors (Lipinski definition) is 3. The van der Waals surface area contributed by atoms with Crippen LogP contribution in [0.15, 0.2) is 10.5 Å². The maximum atomic E-state index is 10.9. The van der Waals surface area contributed by atoms with Crippen LogP contribution in [0.25, 0.3) is 0 Å². The largest absolute Gasteiger partial charge is 0.478 e. The molecule has 4 heteroatoms. The van der Waals surface area contributed by atoms with Gasteiger partial charge in [0.2, 0.25) is 0 Å². The summed E-state index contributed by atoms with van der Waals surface area (Å²) >= 11 is 0. The Balaban J connectivity index is 2.03. The molecule has 1 aromatic rings. The second-order valence-corrected chi connectivity index (χ2v) is 4.97. The second kappa shape index (κ2) is 4.92. The van der Waals surface area contributed by atoms with E-state index in [4.69, 9.17) is 9.52 Å². The molecule has 1 aliphatic heterocycles. The van der Waals surface area contributed by atoms with Crippen molar-refractivity contribution in [2.75, 3.05) is 13.1 Å². The molecule has 1 aliphatic rings. The Morgan fingerprint density at radius 3 is 3.00 bits per heavy atom. The topological polar surface area (TPSA) is 53.7 Å². The lowest BCUT2D eigenvalue weighted by Gasteiger charge is -2.29. The van der Waals surface area contributed by atoms with Gasteiger partial charge in [0, 0.05) is 6.54 Å². The lowest BCUT2D eigenvalue weighted by Crippen LogP contribution is -2.33. The summed E-state index contributed by atoms with van der Waals surface area (Å²) in [6.07, 6.45) is 2.50. The Bertz CT molecular complexity index is 411. The SMILES string of the molecule is Cc1oc(CN2CCCC(C)C2)cc1C(=O)O. The Morgan fingerprint density at radius 1 is 1.65 bits per heavy atom. The lowest BCUT2D eigenvalue weighted by atomic mass is 10.0. The van der Waals surface area contributed by atoms with E-state index in [1.807, 2.05) is 0 Å². The summed E-state index contributed by atoms with van der Waals surface area (Å²) in [6.45, 7) is 6.82. The van der Waals surface area contributed by atoms with E-state index in [1.54, 1.807) is 13.0 Å². The van der Waals surface area contributed by atoms with Crippen molar-refractivity contribution >= 4 is 5.97 Å². The number of carboxylic acids is 1. The fourth-order valence-corrected chi connectivity index (χ4v) is 2.48. The van der Waals surface area contributed by atoms with Crippen LogP contribution in [0.3, 0.4) is 0 Å². The maximum Gasteiger partial charge on any atom is 0.339 e. The third-order valence-electron chi connectivity index (χ3n) is 3.32. The number of piperidine rings is 1. The van der Waals surface area contributed by atoms with Crippen LogP contribution in [0.5, 0.6) is 0 Å². The van der Waals surface area contributed by atoms with Gasteiger partial charge < -0.3 is 9.52 Å². The molecule has 0 aliphatic carbocycles. The molecule has 0 bridgehead atoms. The maximum absolute atomic E-state index is 10.9. The normalized spacial score (nSPS) is 21.6. The van der Waals surface area contributed by atoms with Crippen molar-refractivity contribution in [3.8, 4) is 0 Å². The third kappa shape index (κ3) is 2.88. The van der Waals surface area contributed by atoms with Crippen LogP contribution in [0.4, 0.5) is 0 Å². The Hall–Kier alpha value is -1.29. The van der Waals surface area contributed by atoms with Crippen molar-refractivity contribution in [1.29, 1.82) is 0 Å². The van der Waals surface area contributed by atoms with E-state index in [0.29, 0.717) is 5.76 Å². The van der Waals surface area contributed by atoms with E-state index in [0.717, 1.165) is 31.3 Å². The number of carboxylic acid groups (broad SMARTS) is 1. The number of carbonyl (C=O) groups is 1. The first kappa shape index (κ1) is 12.2. The van der Waals surface area contributed by atoms with Crippen LogP contribution < -0.4 is 0 Å². The smallest absolute Gasteiger partial charge is 0.339 e. The molecule has 17 heavy (non-hydrogen) atoms. The molecule has 94 valence electrons. The van der Waals surface area contributed by atoms with Gasteiger partial charge in [-0.15, -0.1) is 0 Å². The molecule has 1 N–H and O–H groups in total. The van der Waals surface area contributed by atoms with Gasteiger partial charge in [-0.05, 0) is 38.3 Å². The fraction of sp³-hybridized carbons (Fsp3) is 0.615. The molecule has 1 fully saturated rings. The highest BCUT2D eigenvalue weighted by atomic mass is 16.4. The van der Waals surface area contributed by atoms with E-state index in [9.17, 15) is 4.79 Å². The van der Waals surface area contributed by atoms with Gasteiger partial charge in [-0.2, -0.15) is 0 Å². The number of aryl methyl sites for hydroxylation is 1. The van der Waals surface area contributed by atoms with Gasteiger partial charge >= 0.3 is 5.97 Å². The first-order valence-electron chi connectivity index (χ1n) is 6.11. The molecular formula is C13H19NO3. The molecule has 0 radical (unpaired) electrons. The number of aromatic carboxylic acids is 1. The van der Waals surface area contributed by atoms with Crippen molar-refractivity contribution in [3.05, 3.63) is 23.2 Å². The van der Waals surface area contributed by atoms with Crippen molar-refractivity contribution in [2.45, 2.75) is 33.2 Å². The predicted octanol–water partition coefficient (Wildman–Crippen LogP) is 2.52. The Labute approximate surface area is 101 Å². The molecule has 0 amide bonds. The number of hydrogen-bond donors (Lipinski definition) is 1. The van der Waals surface area contributed by atoms with Crippen molar-refractivity contribution < 1.29 is 14.3 Å². The summed E-state index contributed by atoms with van der Waals surface area (Å²) in [5, 5.41) is 8.95. The minimum absolute atomic E-state index is 0.282. The zero-order valence-electron chi connectivity index (χ0n) is 10.4. The average molecular weight is 237 g/mol. The molecule has 0 saturated carbocycles. The molecule has 1 unspecified atom stereocenters. The standard InChI is InChI=1S/C13H19NO3/c1-9-4-3-5-14(7-9)8-11-6-12(13(15)16)10(2)17-11/h6,9H,3-5,7-8H2,1-2H3,(H,15,16). The van der Waals surface area contributed by atoms with Gasteiger partial charge in [-0.3, -0.25) is 4.90 Å². The molecule has 1 aromatic heterocycles. The van der Waals surface area contributed by atoms with Gasteiger partial charge in [0.1, 0.15) is 17.1 Å². The molecule has 1 saturated heterocycles. The summed E-state index contributed by atoms with van der Waals surface area (Å²) in [4.78, 5) is 13.2. The van der Waals surface area contributed by atoms with E-state index in [1.165, 1.54) is 12.8 Å². The Kier molecular flexibility index (Phi) is 3.52. The number of rotatable bonds is 3. The van der Waals surface area contributed by atoms with Gasteiger partial charge in [-0.1, -0.05) is 6.92 Å². The molecule has 2 rings (SSSR count). The van der Waals surface area contributed by atoms with Crippen LogP contribution >= 0.6 is 0 Å². The molecule has 0 aromatic carbocycles. The average Bonchev–Trinajstić information content (AvgIpc) is 2.59. The van der Waals surface area contributed by atoms with Gasteiger partial charge in [0.25, 0.3) is 0 Å². The van der Waals surface area contributed by atoms with Crippen LogP contribution in [0, 0.1) is 12.8 Å². The zero-order chi connectivity index (χ0) is 12.4. The van der Waals surface area contributed by atoms with Crippen LogP contribution in [-0.4, -0.2) is 29.1 Å². The molecule has 2 heterocycles. The van der Waals surface area contributed by atoms with Gasteiger partial charge in [0.15, 0.2) is 0 Å². The van der Waals surface area contributed by atoms with E-state index < -0.39 is 5.97 Å². The second-order valence-electron chi connectivity index (χ2n) is 4.97. The fourth-order valence-electron chi connectivity index (χ4n) is 2.48. The highest BCUT2D eigenvalue weighted by Crippen LogP contribution is 2.20. The van der Waals surface area contributed by atoms with E-state index in [2.05, 4.69) is 11.8 Å². The van der Waals surface area contributed by atoms with Gasteiger partial charge in [-0.25, -0.2) is 4.79 Å². The van der Waals surface area contributed by atoms with E-state index >= 15 is 0 Å². The molecule has 1 atom stereocenters. The molecule has 4 nitrogen and oxygen atoms in total. The summed E-state index contributed by atoms with van der Waals surface area (Å²) in [5.74, 6) is 1.06. The number of likely N-dealkylation sites (tertiary alicyclic amines) is 1. The lowest BCUT2D eigenvalue weighted by molar-refractivity contribution is 0.0695. The van der Waals surface area contributed by atoms with Crippen molar-refractivity contribution in [1.82, 2.24) is 4.90 Å². The first-order valence-corrected chi connectivity index (χ1v) is 6.11. The number of nitrogens with zero attached hydrogens (tertiary/aromatic N) is 1. The van der Waals surface area contributed by atoms with Gasteiger partial charge in [0.05, 0.1) is 6.54 Å². The summed E-state index contributed by atoms with van der Waals surface area (Å²) in [5.41, 5.74) is 0.282. The minimum atomic E-state index is -0.912. The van der Waals surface area contributed by atoms with E-state index in [-0.39, 0.29) is 5.56 Å².